The minimum absolute atomic E-state index is 0.204. The van der Waals surface area contributed by atoms with Gasteiger partial charge in [-0.05, 0) is 58.2 Å². The Morgan fingerprint density at radius 1 is 1.53 bits per heavy atom. The summed E-state index contributed by atoms with van der Waals surface area (Å²) in [6.07, 6.45) is 2.05. The van der Waals surface area contributed by atoms with Crippen LogP contribution >= 0.6 is 0 Å². The van der Waals surface area contributed by atoms with Gasteiger partial charge in [-0.15, -0.1) is 0 Å². The Kier molecular flexibility index (Phi) is 3.99. The normalized spacial score (nSPS) is 21.5. The van der Waals surface area contributed by atoms with Crippen molar-refractivity contribution >= 4 is 5.97 Å². The maximum absolute atomic E-state index is 11.4. The van der Waals surface area contributed by atoms with E-state index in [0.29, 0.717) is 0 Å². The smallest absolute Gasteiger partial charge is 0.309 e. The Hall–Kier alpha value is -1.29. The number of piperidine rings is 1. The van der Waals surface area contributed by atoms with Crippen molar-refractivity contribution in [2.75, 3.05) is 13.1 Å². The third-order valence-corrected chi connectivity index (χ3v) is 4.25. The summed E-state index contributed by atoms with van der Waals surface area (Å²) in [6, 6.07) is 3.97. The van der Waals surface area contributed by atoms with E-state index in [1.54, 1.807) is 0 Å². The first-order chi connectivity index (χ1) is 8.89. The Bertz CT molecular complexity index is 450. The fourth-order valence-electron chi connectivity index (χ4n) is 2.75. The largest absolute Gasteiger partial charge is 0.481 e. The molecule has 1 aromatic rings. The van der Waals surface area contributed by atoms with Crippen LogP contribution in [0.3, 0.4) is 0 Å². The van der Waals surface area contributed by atoms with Crippen LogP contribution in [0.4, 0.5) is 0 Å². The van der Waals surface area contributed by atoms with Crippen LogP contribution < -0.4 is 0 Å². The summed E-state index contributed by atoms with van der Waals surface area (Å²) in [5.41, 5.74) is -0.655. The van der Waals surface area contributed by atoms with E-state index in [0.717, 1.165) is 44.0 Å². The quantitative estimate of drug-likeness (QED) is 0.909. The lowest BCUT2D eigenvalue weighted by Crippen LogP contribution is -2.44. The average molecular weight is 265 g/mol. The minimum atomic E-state index is -0.701. The maximum atomic E-state index is 11.4. The third-order valence-electron chi connectivity index (χ3n) is 4.25. The number of aliphatic carboxylic acids is 1. The van der Waals surface area contributed by atoms with Crippen LogP contribution in [0.1, 0.15) is 38.2 Å². The van der Waals surface area contributed by atoms with Crippen LogP contribution in [0.2, 0.25) is 0 Å². The minimum Gasteiger partial charge on any atom is -0.481 e. The Balaban J connectivity index is 1.99. The zero-order chi connectivity index (χ0) is 14.0. The molecule has 1 fully saturated rings. The fraction of sp³-hybridized carbons (Fsp3) is 0.667. The maximum Gasteiger partial charge on any atom is 0.309 e. The molecule has 1 atom stereocenters. The number of hydrogen-bond donors (Lipinski definition) is 1. The number of carboxylic acid groups (broad SMARTS) is 1. The summed E-state index contributed by atoms with van der Waals surface area (Å²) in [5, 5.41) is 9.34. The number of rotatable bonds is 4. The van der Waals surface area contributed by atoms with Gasteiger partial charge in [0.1, 0.15) is 11.5 Å². The number of carboxylic acids is 1. The topological polar surface area (TPSA) is 53.7 Å². The van der Waals surface area contributed by atoms with Gasteiger partial charge >= 0.3 is 5.97 Å². The van der Waals surface area contributed by atoms with Gasteiger partial charge < -0.3 is 9.52 Å². The molecule has 0 aliphatic carbocycles. The molecule has 1 aromatic heterocycles. The molecular formula is C15H23NO3. The molecule has 4 heteroatoms. The van der Waals surface area contributed by atoms with Gasteiger partial charge in [0.25, 0.3) is 0 Å². The molecule has 1 aliphatic rings. The molecule has 1 saturated heterocycles. The van der Waals surface area contributed by atoms with E-state index < -0.39 is 11.4 Å². The van der Waals surface area contributed by atoms with E-state index in [-0.39, 0.29) is 5.92 Å². The molecule has 1 aliphatic heterocycles. The Labute approximate surface area is 114 Å². The van der Waals surface area contributed by atoms with Crippen molar-refractivity contribution in [2.24, 2.45) is 11.3 Å². The highest BCUT2D eigenvalue weighted by Gasteiger charge is 2.39. The van der Waals surface area contributed by atoms with Crippen molar-refractivity contribution in [3.8, 4) is 0 Å². The standard InChI is InChI=1S/C15H23NO3/c1-11-6-7-13(19-11)10-16-8-4-5-12(9-16)15(2,3)14(17)18/h6-7,12H,4-5,8-10H2,1-3H3,(H,17,18). The first-order valence-electron chi connectivity index (χ1n) is 6.90. The second-order valence-electron chi connectivity index (χ2n) is 6.11. The highest BCUT2D eigenvalue weighted by atomic mass is 16.4. The predicted molar refractivity (Wildman–Crippen MR) is 72.9 cm³/mol. The van der Waals surface area contributed by atoms with Gasteiger partial charge in [0.15, 0.2) is 0 Å². The number of hydrogen-bond acceptors (Lipinski definition) is 3. The lowest BCUT2D eigenvalue weighted by molar-refractivity contribution is -0.151. The van der Waals surface area contributed by atoms with Crippen LogP contribution in [0.15, 0.2) is 16.5 Å². The number of likely N-dealkylation sites (tertiary alicyclic amines) is 1. The predicted octanol–water partition coefficient (Wildman–Crippen LogP) is 2.91. The summed E-state index contributed by atoms with van der Waals surface area (Å²) in [6.45, 7) is 8.24. The van der Waals surface area contributed by atoms with Crippen LogP contribution in [0, 0.1) is 18.3 Å². The molecule has 1 N–H and O–H groups in total. The molecule has 19 heavy (non-hydrogen) atoms. The highest BCUT2D eigenvalue weighted by Crippen LogP contribution is 2.34. The number of carbonyl (C=O) groups is 1. The molecule has 4 nitrogen and oxygen atoms in total. The number of aryl methyl sites for hydroxylation is 1. The SMILES string of the molecule is Cc1ccc(CN2CCCC(C(C)(C)C(=O)O)C2)o1. The van der Waals surface area contributed by atoms with E-state index in [9.17, 15) is 9.90 Å². The van der Waals surface area contributed by atoms with Crippen LogP contribution in [0.25, 0.3) is 0 Å². The van der Waals surface area contributed by atoms with Gasteiger partial charge in [-0.25, -0.2) is 0 Å². The lowest BCUT2D eigenvalue weighted by atomic mass is 9.74. The van der Waals surface area contributed by atoms with Crippen molar-refractivity contribution in [3.63, 3.8) is 0 Å². The summed E-state index contributed by atoms with van der Waals surface area (Å²) < 4.78 is 5.60. The van der Waals surface area contributed by atoms with E-state index in [4.69, 9.17) is 4.42 Å². The Morgan fingerprint density at radius 3 is 2.84 bits per heavy atom. The first-order valence-corrected chi connectivity index (χ1v) is 6.90. The van der Waals surface area contributed by atoms with Gasteiger partial charge in [-0.2, -0.15) is 0 Å². The molecule has 2 heterocycles. The van der Waals surface area contributed by atoms with Crippen molar-refractivity contribution in [3.05, 3.63) is 23.7 Å². The fourth-order valence-corrected chi connectivity index (χ4v) is 2.75. The first kappa shape index (κ1) is 14.1. The highest BCUT2D eigenvalue weighted by molar-refractivity contribution is 5.74. The van der Waals surface area contributed by atoms with E-state index >= 15 is 0 Å². The molecular weight excluding hydrogens is 242 g/mol. The zero-order valence-electron chi connectivity index (χ0n) is 12.0. The van der Waals surface area contributed by atoms with Crippen LogP contribution in [-0.4, -0.2) is 29.1 Å². The second-order valence-corrected chi connectivity index (χ2v) is 6.11. The molecule has 0 radical (unpaired) electrons. The molecule has 0 aromatic carbocycles. The van der Waals surface area contributed by atoms with E-state index in [2.05, 4.69) is 4.90 Å². The second kappa shape index (κ2) is 5.37. The van der Waals surface area contributed by atoms with E-state index in [1.165, 1.54) is 0 Å². The summed E-state index contributed by atoms with van der Waals surface area (Å²) in [4.78, 5) is 13.7. The molecule has 0 spiro atoms. The molecule has 0 bridgehead atoms. The summed E-state index contributed by atoms with van der Waals surface area (Å²) in [7, 11) is 0. The molecule has 0 amide bonds. The van der Waals surface area contributed by atoms with Gasteiger partial charge in [-0.3, -0.25) is 9.69 Å². The third kappa shape index (κ3) is 3.18. The van der Waals surface area contributed by atoms with Crippen molar-refractivity contribution in [2.45, 2.75) is 40.2 Å². The average Bonchev–Trinajstić information content (AvgIpc) is 2.75. The number of nitrogens with zero attached hydrogens (tertiary/aromatic N) is 1. The van der Waals surface area contributed by atoms with Gasteiger partial charge in [0.2, 0.25) is 0 Å². The molecule has 0 saturated carbocycles. The van der Waals surface area contributed by atoms with Gasteiger partial charge in [-0.1, -0.05) is 0 Å². The van der Waals surface area contributed by atoms with Crippen LogP contribution in [0.5, 0.6) is 0 Å². The molecule has 106 valence electrons. The molecule has 1 unspecified atom stereocenters. The zero-order valence-corrected chi connectivity index (χ0v) is 12.0. The van der Waals surface area contributed by atoms with Crippen LogP contribution in [-0.2, 0) is 11.3 Å². The number of furan rings is 1. The summed E-state index contributed by atoms with van der Waals surface area (Å²) in [5.74, 6) is 1.39. The Morgan fingerprint density at radius 2 is 2.26 bits per heavy atom. The lowest BCUT2D eigenvalue weighted by Gasteiger charge is -2.38. The van der Waals surface area contributed by atoms with Crippen molar-refractivity contribution in [1.29, 1.82) is 0 Å². The van der Waals surface area contributed by atoms with Gasteiger partial charge in [0, 0.05) is 6.54 Å². The monoisotopic (exact) mass is 265 g/mol. The summed E-state index contributed by atoms with van der Waals surface area (Å²) >= 11 is 0. The van der Waals surface area contributed by atoms with Gasteiger partial charge in [0.05, 0.1) is 12.0 Å². The van der Waals surface area contributed by atoms with Crippen molar-refractivity contribution in [1.82, 2.24) is 4.90 Å². The van der Waals surface area contributed by atoms with E-state index in [1.807, 2.05) is 32.9 Å². The molecule has 2 rings (SSSR count). The van der Waals surface area contributed by atoms with Crippen molar-refractivity contribution < 1.29 is 14.3 Å².